The van der Waals surface area contributed by atoms with Gasteiger partial charge in [0.1, 0.15) is 11.5 Å². The summed E-state index contributed by atoms with van der Waals surface area (Å²) in [6.07, 6.45) is 1.72. The van der Waals surface area contributed by atoms with E-state index in [4.69, 9.17) is 9.47 Å². The molecule has 3 rings (SSSR count). The minimum atomic E-state index is -0.441. The molecular formula is C19H17FN2O3S. The predicted octanol–water partition coefficient (Wildman–Crippen LogP) is 4.12. The van der Waals surface area contributed by atoms with Crippen LogP contribution < -0.4 is 14.8 Å². The molecule has 26 heavy (non-hydrogen) atoms. The lowest BCUT2D eigenvalue weighted by molar-refractivity contribution is -0.115. The van der Waals surface area contributed by atoms with Crippen molar-refractivity contribution in [2.24, 2.45) is 4.99 Å². The van der Waals surface area contributed by atoms with Crippen LogP contribution in [0.5, 0.6) is 11.5 Å². The number of carbonyl (C=O) groups excluding carboxylic acids is 1. The van der Waals surface area contributed by atoms with E-state index in [1.165, 1.54) is 6.07 Å². The van der Waals surface area contributed by atoms with Crippen LogP contribution in [0.3, 0.4) is 0 Å². The Hall–Kier alpha value is -2.80. The van der Waals surface area contributed by atoms with E-state index >= 15 is 0 Å². The van der Waals surface area contributed by atoms with Gasteiger partial charge in [-0.1, -0.05) is 18.2 Å². The van der Waals surface area contributed by atoms with Gasteiger partial charge in [0.15, 0.2) is 16.7 Å². The molecule has 7 heteroatoms. The Morgan fingerprint density at radius 2 is 2.04 bits per heavy atom. The van der Waals surface area contributed by atoms with E-state index in [2.05, 4.69) is 10.3 Å². The van der Waals surface area contributed by atoms with Gasteiger partial charge in [-0.25, -0.2) is 9.38 Å². The Morgan fingerprint density at radius 3 is 2.77 bits per heavy atom. The van der Waals surface area contributed by atoms with E-state index in [1.54, 1.807) is 43.5 Å². The summed E-state index contributed by atoms with van der Waals surface area (Å²) in [5.74, 6) is 0.508. The normalized spacial score (nSPS) is 16.8. The number of halogens is 1. The molecule has 1 aliphatic heterocycles. The van der Waals surface area contributed by atoms with Crippen LogP contribution in [0.4, 0.5) is 10.1 Å². The maximum Gasteiger partial charge on any atom is 0.264 e. The molecule has 1 saturated heterocycles. The number of nitrogens with one attached hydrogen (secondary N) is 1. The molecule has 0 bridgehead atoms. The number of rotatable bonds is 5. The summed E-state index contributed by atoms with van der Waals surface area (Å²) < 4.78 is 24.5. The van der Waals surface area contributed by atoms with Gasteiger partial charge in [-0.2, -0.15) is 0 Å². The van der Waals surface area contributed by atoms with Crippen LogP contribution >= 0.6 is 11.8 Å². The van der Waals surface area contributed by atoms with Crippen molar-refractivity contribution >= 4 is 34.6 Å². The van der Waals surface area contributed by atoms with Crippen molar-refractivity contribution in [2.45, 2.75) is 6.92 Å². The Labute approximate surface area is 154 Å². The van der Waals surface area contributed by atoms with Crippen molar-refractivity contribution in [2.75, 3.05) is 13.7 Å². The lowest BCUT2D eigenvalue weighted by Gasteiger charge is -2.09. The summed E-state index contributed by atoms with van der Waals surface area (Å²) in [6, 6.07) is 11.6. The number of benzene rings is 2. The molecule has 1 aliphatic rings. The highest BCUT2D eigenvalue weighted by atomic mass is 32.2. The number of methoxy groups -OCH3 is 1. The van der Waals surface area contributed by atoms with Crippen molar-refractivity contribution in [3.8, 4) is 11.5 Å². The van der Waals surface area contributed by atoms with E-state index in [0.717, 1.165) is 17.3 Å². The second-order valence-electron chi connectivity index (χ2n) is 5.28. The van der Waals surface area contributed by atoms with Gasteiger partial charge in [0.05, 0.1) is 18.6 Å². The SMILES string of the molecule is CCOc1ccc(C=C2SC(=Nc3ccccc3F)NC2=O)cc1OC. The van der Waals surface area contributed by atoms with Gasteiger partial charge in [0.2, 0.25) is 0 Å². The molecule has 1 heterocycles. The number of amidine groups is 1. The van der Waals surface area contributed by atoms with Gasteiger partial charge in [-0.3, -0.25) is 4.79 Å². The summed E-state index contributed by atoms with van der Waals surface area (Å²) in [5.41, 5.74) is 0.967. The average Bonchev–Trinajstić information content (AvgIpc) is 2.97. The van der Waals surface area contributed by atoms with Crippen LogP contribution in [0, 0.1) is 5.82 Å². The monoisotopic (exact) mass is 372 g/mol. The lowest BCUT2D eigenvalue weighted by Crippen LogP contribution is -2.19. The Bertz CT molecular complexity index is 896. The van der Waals surface area contributed by atoms with E-state index in [0.29, 0.717) is 28.2 Å². The van der Waals surface area contributed by atoms with Crippen molar-refractivity contribution < 1.29 is 18.7 Å². The van der Waals surface area contributed by atoms with E-state index in [9.17, 15) is 9.18 Å². The molecule has 0 atom stereocenters. The molecule has 0 saturated carbocycles. The zero-order chi connectivity index (χ0) is 18.5. The summed E-state index contributed by atoms with van der Waals surface area (Å²) in [6.45, 7) is 2.43. The van der Waals surface area contributed by atoms with Gasteiger partial charge in [-0.05, 0) is 54.6 Å². The van der Waals surface area contributed by atoms with Gasteiger partial charge in [-0.15, -0.1) is 0 Å². The summed E-state index contributed by atoms with van der Waals surface area (Å²) >= 11 is 1.16. The second-order valence-corrected chi connectivity index (χ2v) is 6.31. The molecular weight excluding hydrogens is 355 g/mol. The minimum Gasteiger partial charge on any atom is -0.493 e. The first kappa shape index (κ1) is 18.0. The van der Waals surface area contributed by atoms with Crippen LogP contribution in [-0.2, 0) is 4.79 Å². The number of nitrogens with zero attached hydrogens (tertiary/aromatic N) is 1. The summed E-state index contributed by atoms with van der Waals surface area (Å²) in [5, 5.41) is 2.98. The predicted molar refractivity (Wildman–Crippen MR) is 101 cm³/mol. The van der Waals surface area contributed by atoms with Crippen LogP contribution in [0.25, 0.3) is 6.08 Å². The molecule has 2 aromatic rings. The maximum atomic E-state index is 13.7. The molecule has 1 amide bonds. The number of aliphatic imine (C=N–C) groups is 1. The first-order valence-corrected chi connectivity index (χ1v) is 8.77. The second kappa shape index (κ2) is 8.05. The van der Waals surface area contributed by atoms with E-state index < -0.39 is 5.82 Å². The number of amides is 1. The first-order chi connectivity index (χ1) is 12.6. The number of hydrogen-bond acceptors (Lipinski definition) is 5. The number of carbonyl (C=O) groups is 1. The van der Waals surface area contributed by atoms with Gasteiger partial charge >= 0.3 is 0 Å². The van der Waals surface area contributed by atoms with Crippen LogP contribution in [0.15, 0.2) is 52.4 Å². The standard InChI is InChI=1S/C19H17FN2O3S/c1-3-25-15-9-8-12(10-16(15)24-2)11-17-18(23)22-19(26-17)21-14-7-5-4-6-13(14)20/h4-11H,3H2,1-2H3,(H,21,22,23). The Kier molecular flexibility index (Phi) is 5.58. The fourth-order valence-corrected chi connectivity index (χ4v) is 3.17. The molecule has 0 spiro atoms. The highest BCUT2D eigenvalue weighted by Crippen LogP contribution is 2.32. The van der Waals surface area contributed by atoms with Crippen LogP contribution in [-0.4, -0.2) is 24.8 Å². The molecule has 2 aromatic carbocycles. The number of hydrogen-bond donors (Lipinski definition) is 1. The number of ether oxygens (including phenoxy) is 2. The topological polar surface area (TPSA) is 59.9 Å². The summed E-state index contributed by atoms with van der Waals surface area (Å²) in [7, 11) is 1.56. The smallest absolute Gasteiger partial charge is 0.264 e. The first-order valence-electron chi connectivity index (χ1n) is 7.95. The van der Waals surface area contributed by atoms with Crippen LogP contribution in [0.2, 0.25) is 0 Å². The molecule has 0 aliphatic carbocycles. The molecule has 0 aromatic heterocycles. The maximum absolute atomic E-state index is 13.7. The van der Waals surface area contributed by atoms with Gasteiger partial charge in [0, 0.05) is 0 Å². The van der Waals surface area contributed by atoms with E-state index in [1.807, 2.05) is 13.0 Å². The number of para-hydroxylation sites is 1. The molecule has 1 fully saturated rings. The van der Waals surface area contributed by atoms with Crippen molar-refractivity contribution in [1.29, 1.82) is 0 Å². The van der Waals surface area contributed by atoms with Crippen molar-refractivity contribution in [1.82, 2.24) is 5.32 Å². The highest BCUT2D eigenvalue weighted by molar-refractivity contribution is 8.18. The minimum absolute atomic E-state index is 0.180. The fourth-order valence-electron chi connectivity index (χ4n) is 2.33. The van der Waals surface area contributed by atoms with Crippen molar-refractivity contribution in [3.63, 3.8) is 0 Å². The zero-order valence-corrected chi connectivity index (χ0v) is 15.1. The largest absolute Gasteiger partial charge is 0.493 e. The fraction of sp³-hybridized carbons (Fsp3) is 0.158. The Balaban J connectivity index is 1.84. The number of thioether (sulfide) groups is 1. The van der Waals surface area contributed by atoms with Crippen molar-refractivity contribution in [3.05, 3.63) is 58.8 Å². The summed E-state index contributed by atoms with van der Waals surface area (Å²) in [4.78, 5) is 16.8. The van der Waals surface area contributed by atoms with Crippen LogP contribution in [0.1, 0.15) is 12.5 Å². The third-order valence-corrected chi connectivity index (χ3v) is 4.42. The molecule has 134 valence electrons. The van der Waals surface area contributed by atoms with E-state index in [-0.39, 0.29) is 11.6 Å². The highest BCUT2D eigenvalue weighted by Gasteiger charge is 2.24. The molecule has 1 N–H and O–H groups in total. The van der Waals surface area contributed by atoms with Gasteiger partial charge in [0.25, 0.3) is 5.91 Å². The van der Waals surface area contributed by atoms with Gasteiger partial charge < -0.3 is 14.8 Å². The molecule has 5 nitrogen and oxygen atoms in total. The third kappa shape index (κ3) is 4.05. The molecule has 0 radical (unpaired) electrons. The molecule has 0 unspecified atom stereocenters. The zero-order valence-electron chi connectivity index (χ0n) is 14.3. The Morgan fingerprint density at radius 1 is 1.23 bits per heavy atom. The lowest BCUT2D eigenvalue weighted by atomic mass is 10.2. The quantitative estimate of drug-likeness (QED) is 0.802. The average molecular weight is 372 g/mol. The third-order valence-electron chi connectivity index (χ3n) is 3.51.